The number of fused-ring (bicyclic) bond motifs is 2. The summed E-state index contributed by atoms with van der Waals surface area (Å²) >= 11 is 2.26. The van der Waals surface area contributed by atoms with Crippen LogP contribution in [0.25, 0.3) is 0 Å². The molecule has 0 aromatic heterocycles. The summed E-state index contributed by atoms with van der Waals surface area (Å²) in [6.45, 7) is 2.42. The van der Waals surface area contributed by atoms with Crippen molar-refractivity contribution in [2.45, 2.75) is 43.1 Å². The fourth-order valence-electron chi connectivity index (χ4n) is 2.00. The summed E-state index contributed by atoms with van der Waals surface area (Å²) in [6, 6.07) is 0. The summed E-state index contributed by atoms with van der Waals surface area (Å²) < 4.78 is 0. The van der Waals surface area contributed by atoms with E-state index in [0.29, 0.717) is 0 Å². The molecule has 2 aliphatic heterocycles. The largest absolute Gasteiger partial charge is 0.155 e. The highest BCUT2D eigenvalue weighted by molar-refractivity contribution is 8.00. The van der Waals surface area contributed by atoms with E-state index in [4.69, 9.17) is 0 Å². The number of hydrogen-bond donors (Lipinski definition) is 0. The van der Waals surface area contributed by atoms with E-state index < -0.39 is 0 Å². The van der Waals surface area contributed by atoms with Crippen molar-refractivity contribution in [1.29, 1.82) is 0 Å². The van der Waals surface area contributed by atoms with Crippen molar-refractivity contribution in [2.24, 2.45) is 5.92 Å². The van der Waals surface area contributed by atoms with Crippen molar-refractivity contribution >= 4 is 11.8 Å². The van der Waals surface area contributed by atoms with Gasteiger partial charge in [0, 0.05) is 10.5 Å². The van der Waals surface area contributed by atoms with Gasteiger partial charge in [-0.05, 0) is 31.6 Å². The van der Waals surface area contributed by atoms with Gasteiger partial charge in [-0.2, -0.15) is 11.8 Å². The average molecular weight is 142 g/mol. The van der Waals surface area contributed by atoms with Crippen molar-refractivity contribution in [3.05, 3.63) is 0 Å². The molecule has 0 aromatic rings. The Bertz CT molecular complexity index is 111. The molecule has 52 valence electrons. The quantitative estimate of drug-likeness (QED) is 0.501. The number of hydrogen-bond acceptors (Lipinski definition) is 1. The van der Waals surface area contributed by atoms with Gasteiger partial charge in [0.1, 0.15) is 0 Å². The SMILES string of the molecule is CC1CCC2CCC1S2. The minimum atomic E-state index is 1.02. The van der Waals surface area contributed by atoms with Gasteiger partial charge in [0.25, 0.3) is 0 Å². The first-order valence-electron chi connectivity index (χ1n) is 4.02. The molecule has 0 spiro atoms. The van der Waals surface area contributed by atoms with Crippen LogP contribution in [-0.4, -0.2) is 10.5 Å². The van der Waals surface area contributed by atoms with Gasteiger partial charge in [0.15, 0.2) is 0 Å². The molecular weight excluding hydrogens is 128 g/mol. The van der Waals surface area contributed by atoms with Gasteiger partial charge in [-0.15, -0.1) is 0 Å². The molecule has 0 amide bonds. The van der Waals surface area contributed by atoms with E-state index in [1.165, 1.54) is 25.7 Å². The Hall–Kier alpha value is 0.350. The summed E-state index contributed by atoms with van der Waals surface area (Å²) in [6.07, 6.45) is 6.03. The summed E-state index contributed by atoms with van der Waals surface area (Å²) in [5.74, 6) is 1.02. The molecule has 1 heteroatoms. The minimum Gasteiger partial charge on any atom is -0.155 e. The summed E-state index contributed by atoms with van der Waals surface area (Å²) in [5, 5.41) is 2.11. The zero-order valence-electron chi connectivity index (χ0n) is 5.97. The highest BCUT2D eigenvalue weighted by Gasteiger charge is 2.33. The van der Waals surface area contributed by atoms with Crippen molar-refractivity contribution in [2.75, 3.05) is 0 Å². The second kappa shape index (κ2) is 2.19. The lowest BCUT2D eigenvalue weighted by molar-refractivity contribution is 0.506. The van der Waals surface area contributed by atoms with Crippen molar-refractivity contribution in [1.82, 2.24) is 0 Å². The van der Waals surface area contributed by atoms with Crippen LogP contribution in [0.2, 0.25) is 0 Å². The van der Waals surface area contributed by atoms with Crippen LogP contribution in [0, 0.1) is 5.92 Å². The Morgan fingerprint density at radius 3 is 2.67 bits per heavy atom. The molecule has 0 nitrogen and oxygen atoms in total. The van der Waals surface area contributed by atoms with Gasteiger partial charge in [0.2, 0.25) is 0 Å². The first kappa shape index (κ1) is 6.09. The fourth-order valence-corrected chi connectivity index (χ4v) is 3.71. The first-order valence-corrected chi connectivity index (χ1v) is 4.96. The van der Waals surface area contributed by atoms with Crippen LogP contribution in [0.1, 0.15) is 32.6 Å². The molecule has 2 fully saturated rings. The Kier molecular flexibility index (Phi) is 1.48. The minimum absolute atomic E-state index is 1.02. The molecule has 0 radical (unpaired) electrons. The monoisotopic (exact) mass is 142 g/mol. The summed E-state index contributed by atoms with van der Waals surface area (Å²) in [5.41, 5.74) is 0. The predicted octanol–water partition coefficient (Wildman–Crippen LogP) is 2.68. The standard InChI is InChI=1S/C8H14S/c1-6-2-3-7-4-5-8(6)9-7/h6-8H,2-5H2,1H3. The zero-order valence-corrected chi connectivity index (χ0v) is 6.79. The third kappa shape index (κ3) is 1.000. The summed E-state index contributed by atoms with van der Waals surface area (Å²) in [7, 11) is 0. The highest BCUT2D eigenvalue weighted by atomic mass is 32.2. The van der Waals surface area contributed by atoms with Crippen molar-refractivity contribution in [3.8, 4) is 0 Å². The Labute approximate surface area is 61.4 Å². The number of thioether (sulfide) groups is 1. The zero-order chi connectivity index (χ0) is 6.27. The van der Waals surface area contributed by atoms with Gasteiger partial charge in [-0.3, -0.25) is 0 Å². The van der Waals surface area contributed by atoms with Crippen LogP contribution in [0.3, 0.4) is 0 Å². The molecule has 0 aromatic carbocycles. The van der Waals surface area contributed by atoms with Gasteiger partial charge in [-0.1, -0.05) is 6.92 Å². The van der Waals surface area contributed by atoms with Crippen LogP contribution in [0.5, 0.6) is 0 Å². The molecular formula is C8H14S. The van der Waals surface area contributed by atoms with Gasteiger partial charge >= 0.3 is 0 Å². The maximum Gasteiger partial charge on any atom is 0.00758 e. The summed E-state index contributed by atoms with van der Waals surface area (Å²) in [4.78, 5) is 0. The van der Waals surface area contributed by atoms with Gasteiger partial charge in [-0.25, -0.2) is 0 Å². The van der Waals surface area contributed by atoms with Crippen LogP contribution < -0.4 is 0 Å². The second-order valence-corrected chi connectivity index (χ2v) is 4.97. The molecule has 0 saturated carbocycles. The van der Waals surface area contributed by atoms with Crippen molar-refractivity contribution in [3.63, 3.8) is 0 Å². The van der Waals surface area contributed by atoms with E-state index >= 15 is 0 Å². The van der Waals surface area contributed by atoms with Gasteiger partial charge < -0.3 is 0 Å². The van der Waals surface area contributed by atoms with E-state index in [9.17, 15) is 0 Å². The van der Waals surface area contributed by atoms with E-state index in [-0.39, 0.29) is 0 Å². The molecule has 9 heavy (non-hydrogen) atoms. The van der Waals surface area contributed by atoms with Gasteiger partial charge in [0.05, 0.1) is 0 Å². The lowest BCUT2D eigenvalue weighted by Gasteiger charge is -2.24. The van der Waals surface area contributed by atoms with E-state index in [1.54, 1.807) is 0 Å². The van der Waals surface area contributed by atoms with Crippen LogP contribution in [0.4, 0.5) is 0 Å². The Balaban J connectivity index is 2.05. The predicted molar refractivity (Wildman–Crippen MR) is 42.8 cm³/mol. The maximum absolute atomic E-state index is 2.42. The lowest BCUT2D eigenvalue weighted by Crippen LogP contribution is -2.16. The average Bonchev–Trinajstić information content (AvgIpc) is 2.25. The van der Waals surface area contributed by atoms with Crippen LogP contribution in [-0.2, 0) is 0 Å². The normalized spacial score (nSPS) is 49.7. The fraction of sp³-hybridized carbons (Fsp3) is 1.00. The molecule has 2 heterocycles. The van der Waals surface area contributed by atoms with E-state index in [2.05, 4.69) is 18.7 Å². The topological polar surface area (TPSA) is 0 Å². The maximum atomic E-state index is 2.42. The van der Waals surface area contributed by atoms with Crippen LogP contribution in [0.15, 0.2) is 0 Å². The van der Waals surface area contributed by atoms with E-state index in [1.807, 2.05) is 0 Å². The van der Waals surface area contributed by atoms with Crippen LogP contribution >= 0.6 is 11.8 Å². The Morgan fingerprint density at radius 2 is 1.89 bits per heavy atom. The molecule has 0 N–H and O–H groups in total. The van der Waals surface area contributed by atoms with Crippen molar-refractivity contribution < 1.29 is 0 Å². The lowest BCUT2D eigenvalue weighted by atomic mass is 10.0. The third-order valence-corrected chi connectivity index (χ3v) is 4.63. The molecule has 2 bridgehead atoms. The van der Waals surface area contributed by atoms with E-state index in [0.717, 1.165) is 16.4 Å². The molecule has 3 atom stereocenters. The molecule has 2 aliphatic rings. The number of rotatable bonds is 0. The smallest absolute Gasteiger partial charge is 0.00758 e. The third-order valence-electron chi connectivity index (χ3n) is 2.72. The molecule has 0 aliphatic carbocycles. The molecule has 3 unspecified atom stereocenters. The highest BCUT2D eigenvalue weighted by Crippen LogP contribution is 2.46. The first-order chi connectivity index (χ1) is 4.36. The molecule has 2 saturated heterocycles. The molecule has 2 rings (SSSR count). The Morgan fingerprint density at radius 1 is 1.11 bits per heavy atom. The second-order valence-electron chi connectivity index (χ2n) is 3.43.